The van der Waals surface area contributed by atoms with E-state index in [-0.39, 0.29) is 43.0 Å². The maximum absolute atomic E-state index is 12.0. The molecule has 1 saturated carbocycles. The Morgan fingerprint density at radius 3 is 2.48 bits per heavy atom. The van der Waals surface area contributed by atoms with E-state index in [0.717, 1.165) is 30.7 Å². The van der Waals surface area contributed by atoms with Crippen LogP contribution < -0.4 is 5.32 Å². The smallest absolute Gasteiger partial charge is 0.352 e. The maximum atomic E-state index is 12.0. The van der Waals surface area contributed by atoms with Crippen LogP contribution >= 0.6 is 0 Å². The molecule has 21 heavy (non-hydrogen) atoms. The van der Waals surface area contributed by atoms with Gasteiger partial charge < -0.3 is 10.4 Å². The van der Waals surface area contributed by atoms with E-state index >= 15 is 0 Å². The summed E-state index contributed by atoms with van der Waals surface area (Å²) in [6.07, 6.45) is 6.74. The van der Waals surface area contributed by atoms with Crippen LogP contribution in [0.25, 0.3) is 0 Å². The van der Waals surface area contributed by atoms with E-state index in [4.69, 9.17) is 5.11 Å². The molecule has 7 heteroatoms. The molecule has 2 N–H and O–H groups in total. The monoisotopic (exact) mass is 295 g/mol. The Kier molecular flexibility index (Phi) is 5.30. The van der Waals surface area contributed by atoms with Gasteiger partial charge in [0, 0.05) is 18.9 Å². The molecule has 1 fully saturated rings. The van der Waals surface area contributed by atoms with Crippen LogP contribution in [-0.4, -0.2) is 46.2 Å². The summed E-state index contributed by atoms with van der Waals surface area (Å²) in [4.78, 5) is 34.6. The molecular formula is C14H21N3O4. The number of amides is 2. The standard InChI is InChI=1S/C14H21N3O4/c18-12(15-10-5-3-1-2-4-6-10)9-17-13(19)8-7-11(16-17)14(20)21/h10H,1-9H2,(H,15,18)(H,20,21). The van der Waals surface area contributed by atoms with Crippen molar-refractivity contribution in [2.45, 2.75) is 57.4 Å². The van der Waals surface area contributed by atoms with E-state index in [1.54, 1.807) is 0 Å². The molecule has 0 aromatic carbocycles. The summed E-state index contributed by atoms with van der Waals surface area (Å²) < 4.78 is 0. The molecule has 116 valence electrons. The fourth-order valence-corrected chi connectivity index (χ4v) is 2.71. The molecular weight excluding hydrogens is 274 g/mol. The van der Waals surface area contributed by atoms with Gasteiger partial charge in [-0.25, -0.2) is 9.80 Å². The summed E-state index contributed by atoms with van der Waals surface area (Å²) in [7, 11) is 0. The molecule has 1 heterocycles. The Labute approximate surface area is 123 Å². The molecule has 2 amide bonds. The second kappa shape index (κ2) is 7.19. The highest BCUT2D eigenvalue weighted by atomic mass is 16.4. The first-order chi connectivity index (χ1) is 10.1. The fourth-order valence-electron chi connectivity index (χ4n) is 2.71. The van der Waals surface area contributed by atoms with Gasteiger partial charge in [-0.1, -0.05) is 25.7 Å². The van der Waals surface area contributed by atoms with Gasteiger partial charge in [-0.2, -0.15) is 5.10 Å². The summed E-state index contributed by atoms with van der Waals surface area (Å²) in [5.41, 5.74) is -0.0723. The minimum absolute atomic E-state index is 0.0723. The molecule has 1 aliphatic carbocycles. The minimum atomic E-state index is -1.14. The first kappa shape index (κ1) is 15.5. The number of carbonyl (C=O) groups is 3. The van der Waals surface area contributed by atoms with Crippen LogP contribution in [0.15, 0.2) is 5.10 Å². The number of carboxylic acid groups (broad SMARTS) is 1. The van der Waals surface area contributed by atoms with Crippen LogP contribution in [0.4, 0.5) is 0 Å². The third kappa shape index (κ3) is 4.54. The number of nitrogens with zero attached hydrogens (tertiary/aromatic N) is 2. The fraction of sp³-hybridized carbons (Fsp3) is 0.714. The van der Waals surface area contributed by atoms with Gasteiger partial charge in [0.15, 0.2) is 0 Å². The van der Waals surface area contributed by atoms with Crippen molar-refractivity contribution in [3.63, 3.8) is 0 Å². The summed E-state index contributed by atoms with van der Waals surface area (Å²) in [6, 6.07) is 0.155. The molecule has 0 saturated heterocycles. The molecule has 0 atom stereocenters. The zero-order valence-electron chi connectivity index (χ0n) is 12.0. The van der Waals surface area contributed by atoms with Gasteiger partial charge in [0.05, 0.1) is 0 Å². The largest absolute Gasteiger partial charge is 0.477 e. The molecule has 0 spiro atoms. The second-order valence-corrected chi connectivity index (χ2v) is 5.56. The first-order valence-corrected chi connectivity index (χ1v) is 7.47. The minimum Gasteiger partial charge on any atom is -0.477 e. The number of carbonyl (C=O) groups excluding carboxylic acids is 2. The van der Waals surface area contributed by atoms with Crippen molar-refractivity contribution in [1.29, 1.82) is 0 Å². The van der Waals surface area contributed by atoms with E-state index in [1.807, 2.05) is 0 Å². The molecule has 0 aromatic heterocycles. The van der Waals surface area contributed by atoms with Crippen LogP contribution in [0.1, 0.15) is 51.4 Å². The number of rotatable bonds is 4. The van der Waals surface area contributed by atoms with Crippen molar-refractivity contribution < 1.29 is 19.5 Å². The second-order valence-electron chi connectivity index (χ2n) is 5.56. The van der Waals surface area contributed by atoms with E-state index < -0.39 is 5.97 Å². The Balaban J connectivity index is 1.89. The maximum Gasteiger partial charge on any atom is 0.352 e. The Bertz CT molecular complexity index is 453. The molecule has 2 rings (SSSR count). The lowest BCUT2D eigenvalue weighted by Gasteiger charge is -2.23. The van der Waals surface area contributed by atoms with Crippen LogP contribution in [0.5, 0.6) is 0 Å². The van der Waals surface area contributed by atoms with Crippen molar-refractivity contribution in [1.82, 2.24) is 10.3 Å². The average molecular weight is 295 g/mol. The summed E-state index contributed by atoms with van der Waals surface area (Å²) in [5, 5.41) is 16.5. The van der Waals surface area contributed by atoms with Gasteiger partial charge in [-0.15, -0.1) is 0 Å². The van der Waals surface area contributed by atoms with Crippen molar-refractivity contribution >= 4 is 23.5 Å². The zero-order valence-corrected chi connectivity index (χ0v) is 12.0. The van der Waals surface area contributed by atoms with E-state index in [0.29, 0.717) is 0 Å². The van der Waals surface area contributed by atoms with Gasteiger partial charge >= 0.3 is 5.97 Å². The van der Waals surface area contributed by atoms with E-state index in [1.165, 1.54) is 12.8 Å². The summed E-state index contributed by atoms with van der Waals surface area (Å²) >= 11 is 0. The van der Waals surface area contributed by atoms with Crippen molar-refractivity contribution in [3.05, 3.63) is 0 Å². The number of hydrogen-bond acceptors (Lipinski definition) is 4. The molecule has 0 bridgehead atoms. The Morgan fingerprint density at radius 2 is 1.86 bits per heavy atom. The highest BCUT2D eigenvalue weighted by Crippen LogP contribution is 2.17. The van der Waals surface area contributed by atoms with Gasteiger partial charge in [0.25, 0.3) is 0 Å². The molecule has 0 aromatic rings. The van der Waals surface area contributed by atoms with Crippen molar-refractivity contribution in [3.8, 4) is 0 Å². The molecule has 1 aliphatic heterocycles. The van der Waals surface area contributed by atoms with Crippen LogP contribution in [0.2, 0.25) is 0 Å². The zero-order chi connectivity index (χ0) is 15.2. The van der Waals surface area contributed by atoms with E-state index in [9.17, 15) is 14.4 Å². The van der Waals surface area contributed by atoms with Crippen LogP contribution in [-0.2, 0) is 14.4 Å². The number of hydrazone groups is 1. The topological polar surface area (TPSA) is 99.1 Å². The molecule has 0 unspecified atom stereocenters. The number of aliphatic carboxylic acids is 1. The lowest BCUT2D eigenvalue weighted by molar-refractivity contribution is -0.137. The summed E-state index contributed by atoms with van der Waals surface area (Å²) in [5.74, 6) is -1.72. The van der Waals surface area contributed by atoms with Crippen molar-refractivity contribution in [2.75, 3.05) is 6.54 Å². The van der Waals surface area contributed by atoms with Gasteiger partial charge in [-0.05, 0) is 12.8 Å². The predicted molar refractivity (Wildman–Crippen MR) is 75.7 cm³/mol. The lowest BCUT2D eigenvalue weighted by atomic mass is 10.1. The Morgan fingerprint density at radius 1 is 1.19 bits per heavy atom. The molecule has 7 nitrogen and oxygen atoms in total. The van der Waals surface area contributed by atoms with Gasteiger partial charge in [0.2, 0.25) is 11.8 Å². The third-order valence-electron chi connectivity index (χ3n) is 3.87. The molecule has 2 aliphatic rings. The highest BCUT2D eigenvalue weighted by molar-refractivity contribution is 6.36. The Hall–Kier alpha value is -1.92. The van der Waals surface area contributed by atoms with Gasteiger partial charge in [-0.3, -0.25) is 9.59 Å². The lowest BCUT2D eigenvalue weighted by Crippen LogP contribution is -2.44. The third-order valence-corrected chi connectivity index (χ3v) is 3.87. The SMILES string of the molecule is O=C(CN1N=C(C(=O)O)CCC1=O)NC1CCCCCC1. The predicted octanol–water partition coefficient (Wildman–Crippen LogP) is 0.888. The molecule has 0 radical (unpaired) electrons. The van der Waals surface area contributed by atoms with Crippen LogP contribution in [0.3, 0.4) is 0 Å². The quantitative estimate of drug-likeness (QED) is 0.752. The number of nitrogens with one attached hydrogen (secondary N) is 1. The average Bonchev–Trinajstić information content (AvgIpc) is 2.69. The number of carboxylic acids is 1. The first-order valence-electron chi connectivity index (χ1n) is 7.47. The van der Waals surface area contributed by atoms with E-state index in [2.05, 4.69) is 10.4 Å². The van der Waals surface area contributed by atoms with Crippen LogP contribution in [0, 0.1) is 0 Å². The van der Waals surface area contributed by atoms with Crippen molar-refractivity contribution in [2.24, 2.45) is 5.10 Å². The summed E-state index contributed by atoms with van der Waals surface area (Å²) in [6.45, 7) is -0.202. The number of hydrogen-bond donors (Lipinski definition) is 2. The normalized spacial score (nSPS) is 20.7. The highest BCUT2D eigenvalue weighted by Gasteiger charge is 2.26. The van der Waals surface area contributed by atoms with Gasteiger partial charge in [0.1, 0.15) is 12.3 Å².